The summed E-state index contributed by atoms with van der Waals surface area (Å²) in [5.74, 6) is 0. The van der Waals surface area contributed by atoms with Gasteiger partial charge >= 0.3 is 0 Å². The number of likely N-dealkylation sites (N-methyl/N-ethyl adjacent to an activating group) is 1. The second kappa shape index (κ2) is 6.37. The molecule has 0 N–H and O–H groups in total. The number of fused-ring (bicyclic) bond motifs is 1. The van der Waals surface area contributed by atoms with Crippen molar-refractivity contribution in [3.05, 3.63) is 54.1 Å². The largest absolute Gasteiger partial charge is 0.308 e. The van der Waals surface area contributed by atoms with Gasteiger partial charge < -0.3 is 4.90 Å². The van der Waals surface area contributed by atoms with Crippen molar-refractivity contribution in [2.24, 2.45) is 0 Å². The van der Waals surface area contributed by atoms with Crippen molar-refractivity contribution in [1.82, 2.24) is 14.7 Å². The number of nitrogens with zero attached hydrogens (tertiary/aromatic N) is 3. The van der Waals surface area contributed by atoms with Crippen LogP contribution in [0.15, 0.2) is 58.5 Å². The van der Waals surface area contributed by atoms with E-state index in [1.165, 1.54) is 0 Å². The fourth-order valence-electron chi connectivity index (χ4n) is 2.72. The number of rotatable bonds is 5. The molecule has 0 aliphatic rings. The molecular weight excluding hydrogens is 322 g/mol. The molecule has 126 valence electrons. The monoisotopic (exact) mass is 343 g/mol. The first kappa shape index (κ1) is 16.7. The summed E-state index contributed by atoms with van der Waals surface area (Å²) >= 11 is 0. The Morgan fingerprint density at radius 1 is 1.04 bits per heavy atom. The SMILES string of the molecule is Cc1cccc2c1c(S(=O)(=O)c1ccccc1)nn2CCN(C)C. The Hall–Kier alpha value is -2.18. The zero-order chi connectivity index (χ0) is 17.3. The fraction of sp³-hybridized carbons (Fsp3) is 0.278. The molecular formula is C18H21N3O2S. The minimum Gasteiger partial charge on any atom is -0.308 e. The molecule has 0 radical (unpaired) electrons. The molecule has 6 heteroatoms. The van der Waals surface area contributed by atoms with Crippen molar-refractivity contribution in [3.8, 4) is 0 Å². The van der Waals surface area contributed by atoms with Gasteiger partial charge in [-0.25, -0.2) is 8.42 Å². The predicted molar refractivity (Wildman–Crippen MR) is 94.9 cm³/mol. The summed E-state index contributed by atoms with van der Waals surface area (Å²) in [7, 11) is 0.318. The van der Waals surface area contributed by atoms with E-state index in [-0.39, 0.29) is 9.92 Å². The van der Waals surface area contributed by atoms with Gasteiger partial charge in [0, 0.05) is 11.9 Å². The lowest BCUT2D eigenvalue weighted by Crippen LogP contribution is -2.19. The maximum atomic E-state index is 13.1. The number of benzene rings is 2. The summed E-state index contributed by atoms with van der Waals surface area (Å²) in [5.41, 5.74) is 1.77. The number of sulfone groups is 1. The highest BCUT2D eigenvalue weighted by molar-refractivity contribution is 7.91. The van der Waals surface area contributed by atoms with Crippen LogP contribution in [0, 0.1) is 6.92 Å². The molecule has 2 aromatic carbocycles. The van der Waals surface area contributed by atoms with E-state index in [9.17, 15) is 8.42 Å². The molecule has 0 spiro atoms. The molecule has 0 atom stereocenters. The maximum Gasteiger partial charge on any atom is 0.226 e. The van der Waals surface area contributed by atoms with Crippen molar-refractivity contribution < 1.29 is 8.42 Å². The fourth-order valence-corrected chi connectivity index (χ4v) is 4.20. The van der Waals surface area contributed by atoms with Crippen LogP contribution in [0.25, 0.3) is 10.9 Å². The smallest absolute Gasteiger partial charge is 0.226 e. The van der Waals surface area contributed by atoms with Crippen molar-refractivity contribution >= 4 is 20.7 Å². The quantitative estimate of drug-likeness (QED) is 0.715. The third-order valence-electron chi connectivity index (χ3n) is 4.02. The van der Waals surface area contributed by atoms with Crippen LogP contribution in [0.3, 0.4) is 0 Å². The Balaban J connectivity index is 2.21. The first-order valence-corrected chi connectivity index (χ1v) is 9.30. The molecule has 0 fully saturated rings. The first-order chi connectivity index (χ1) is 11.4. The lowest BCUT2D eigenvalue weighted by molar-refractivity contribution is 0.375. The van der Waals surface area contributed by atoms with Crippen LogP contribution in [0.1, 0.15) is 5.56 Å². The van der Waals surface area contributed by atoms with Gasteiger partial charge in [0.05, 0.1) is 17.0 Å². The van der Waals surface area contributed by atoms with Crippen LogP contribution in [-0.4, -0.2) is 43.7 Å². The summed E-state index contributed by atoms with van der Waals surface area (Å²) < 4.78 is 27.9. The van der Waals surface area contributed by atoms with Crippen molar-refractivity contribution in [2.45, 2.75) is 23.4 Å². The number of hydrogen-bond acceptors (Lipinski definition) is 4. The standard InChI is InChI=1S/C18H21N3O2S/c1-14-8-7-11-16-17(14)18(19-21(16)13-12-20(2)3)24(22,23)15-9-5-4-6-10-15/h4-11H,12-13H2,1-3H3. The molecule has 3 aromatic rings. The summed E-state index contributed by atoms with van der Waals surface area (Å²) in [4.78, 5) is 2.32. The van der Waals surface area contributed by atoms with E-state index in [0.29, 0.717) is 11.9 Å². The van der Waals surface area contributed by atoms with Gasteiger partial charge in [0.15, 0.2) is 5.03 Å². The van der Waals surface area contributed by atoms with E-state index in [4.69, 9.17) is 0 Å². The molecule has 0 saturated heterocycles. The van der Waals surface area contributed by atoms with E-state index < -0.39 is 9.84 Å². The normalized spacial score (nSPS) is 12.2. The third-order valence-corrected chi connectivity index (χ3v) is 5.71. The number of hydrogen-bond donors (Lipinski definition) is 0. The Kier molecular flexibility index (Phi) is 4.43. The van der Waals surface area contributed by atoms with Gasteiger partial charge in [-0.2, -0.15) is 5.10 Å². The molecule has 0 unspecified atom stereocenters. The Bertz CT molecular complexity index is 961. The van der Waals surface area contributed by atoms with Crippen LogP contribution in [0.4, 0.5) is 0 Å². The molecule has 1 aromatic heterocycles. The molecule has 0 bridgehead atoms. The number of aromatic nitrogens is 2. The average Bonchev–Trinajstić information content (AvgIpc) is 2.95. The Labute approximate surface area is 142 Å². The van der Waals surface area contributed by atoms with Crippen LogP contribution >= 0.6 is 0 Å². The van der Waals surface area contributed by atoms with Crippen LogP contribution in [0.2, 0.25) is 0 Å². The lowest BCUT2D eigenvalue weighted by atomic mass is 10.1. The highest BCUT2D eigenvalue weighted by Crippen LogP contribution is 2.30. The van der Waals surface area contributed by atoms with Crippen molar-refractivity contribution in [3.63, 3.8) is 0 Å². The predicted octanol–water partition coefficient (Wildman–Crippen LogP) is 2.74. The first-order valence-electron chi connectivity index (χ1n) is 7.82. The highest BCUT2D eigenvalue weighted by atomic mass is 32.2. The summed E-state index contributed by atoms with van der Waals surface area (Å²) in [6.07, 6.45) is 0. The molecule has 0 saturated carbocycles. The molecule has 5 nitrogen and oxygen atoms in total. The van der Waals surface area contributed by atoms with Crippen molar-refractivity contribution in [2.75, 3.05) is 20.6 Å². The minimum atomic E-state index is -3.65. The highest BCUT2D eigenvalue weighted by Gasteiger charge is 2.26. The topological polar surface area (TPSA) is 55.2 Å². The van der Waals surface area contributed by atoms with E-state index in [2.05, 4.69) is 10.00 Å². The molecule has 0 aliphatic carbocycles. The van der Waals surface area contributed by atoms with E-state index in [1.807, 2.05) is 39.2 Å². The number of aryl methyl sites for hydroxylation is 1. The molecule has 0 amide bonds. The van der Waals surface area contributed by atoms with Crippen LogP contribution in [0.5, 0.6) is 0 Å². The lowest BCUT2D eigenvalue weighted by Gasteiger charge is -2.09. The van der Waals surface area contributed by atoms with Gasteiger partial charge in [-0.15, -0.1) is 0 Å². The third kappa shape index (κ3) is 2.95. The van der Waals surface area contributed by atoms with Gasteiger partial charge in [0.25, 0.3) is 0 Å². The van der Waals surface area contributed by atoms with Gasteiger partial charge in [-0.05, 0) is 44.8 Å². The van der Waals surface area contributed by atoms with E-state index >= 15 is 0 Å². The second-order valence-corrected chi connectivity index (χ2v) is 7.98. The average molecular weight is 343 g/mol. The zero-order valence-corrected chi connectivity index (χ0v) is 14.9. The molecule has 3 rings (SSSR count). The van der Waals surface area contributed by atoms with E-state index in [0.717, 1.165) is 17.6 Å². The Morgan fingerprint density at radius 2 is 1.75 bits per heavy atom. The second-order valence-electron chi connectivity index (χ2n) is 6.12. The summed E-state index contributed by atoms with van der Waals surface area (Å²) in [6, 6.07) is 14.3. The van der Waals surface area contributed by atoms with Crippen LogP contribution < -0.4 is 0 Å². The minimum absolute atomic E-state index is 0.139. The molecule has 0 aliphatic heterocycles. The van der Waals surface area contributed by atoms with Crippen LogP contribution in [-0.2, 0) is 16.4 Å². The maximum absolute atomic E-state index is 13.1. The molecule has 24 heavy (non-hydrogen) atoms. The Morgan fingerprint density at radius 3 is 2.42 bits per heavy atom. The van der Waals surface area contributed by atoms with Gasteiger partial charge in [-0.3, -0.25) is 4.68 Å². The van der Waals surface area contributed by atoms with Gasteiger partial charge in [0.2, 0.25) is 9.84 Å². The molecule has 1 heterocycles. The summed E-state index contributed by atoms with van der Waals surface area (Å²) in [6.45, 7) is 3.34. The van der Waals surface area contributed by atoms with Gasteiger partial charge in [0.1, 0.15) is 0 Å². The van der Waals surface area contributed by atoms with Gasteiger partial charge in [-0.1, -0.05) is 30.3 Å². The van der Waals surface area contributed by atoms with Crippen molar-refractivity contribution in [1.29, 1.82) is 0 Å². The van der Waals surface area contributed by atoms with E-state index in [1.54, 1.807) is 35.0 Å². The zero-order valence-electron chi connectivity index (χ0n) is 14.1. The summed E-state index contributed by atoms with van der Waals surface area (Å²) in [5, 5.41) is 5.32.